The maximum atomic E-state index is 12.0. The molecule has 1 aromatic heterocycles. The summed E-state index contributed by atoms with van der Waals surface area (Å²) < 4.78 is 0. The Hall–Kier alpha value is -1.95. The highest BCUT2D eigenvalue weighted by atomic mass is 16.4. The molecule has 0 aromatic carbocycles. The number of carbonyl (C=O) groups is 2. The van der Waals surface area contributed by atoms with Crippen LogP contribution in [0.4, 0.5) is 0 Å². The fourth-order valence-electron chi connectivity index (χ4n) is 2.10. The Morgan fingerprint density at radius 2 is 2.28 bits per heavy atom. The molecule has 2 rings (SSSR count). The third-order valence-electron chi connectivity index (χ3n) is 2.96. The minimum absolute atomic E-state index is 0.0794. The lowest BCUT2D eigenvalue weighted by atomic mass is 10.1. The van der Waals surface area contributed by atoms with Crippen molar-refractivity contribution in [3.63, 3.8) is 0 Å². The van der Waals surface area contributed by atoms with Gasteiger partial charge in [0.25, 0.3) is 0 Å². The number of hydrogen-bond acceptors (Lipinski definition) is 4. The topological polar surface area (TPSA) is 90.7 Å². The zero-order valence-corrected chi connectivity index (χ0v) is 9.69. The molecule has 6 nitrogen and oxygen atoms in total. The van der Waals surface area contributed by atoms with E-state index in [0.29, 0.717) is 0 Å². The first-order valence-corrected chi connectivity index (χ1v) is 5.67. The van der Waals surface area contributed by atoms with E-state index in [1.165, 1.54) is 4.90 Å². The maximum absolute atomic E-state index is 12.0. The largest absolute Gasteiger partial charge is 0.480 e. The summed E-state index contributed by atoms with van der Waals surface area (Å²) in [4.78, 5) is 28.1. The van der Waals surface area contributed by atoms with E-state index >= 15 is 0 Å². The van der Waals surface area contributed by atoms with Crippen molar-refractivity contribution in [1.82, 2.24) is 9.88 Å². The quantitative estimate of drug-likeness (QED) is 0.766. The first-order chi connectivity index (χ1) is 8.58. The van der Waals surface area contributed by atoms with Crippen LogP contribution in [-0.2, 0) is 16.0 Å². The maximum Gasteiger partial charge on any atom is 0.326 e. The predicted molar refractivity (Wildman–Crippen MR) is 61.7 cm³/mol. The van der Waals surface area contributed by atoms with E-state index in [4.69, 9.17) is 5.11 Å². The molecular weight excluding hydrogens is 236 g/mol. The first kappa shape index (κ1) is 12.5. The Kier molecular flexibility index (Phi) is 3.57. The van der Waals surface area contributed by atoms with E-state index < -0.39 is 18.1 Å². The number of nitrogens with zero attached hydrogens (tertiary/aromatic N) is 2. The number of carbonyl (C=O) groups excluding carboxylic acids is 1. The lowest BCUT2D eigenvalue weighted by Gasteiger charge is -2.21. The lowest BCUT2D eigenvalue weighted by Crippen LogP contribution is -2.41. The number of aliphatic hydroxyl groups excluding tert-OH is 1. The van der Waals surface area contributed by atoms with Crippen LogP contribution in [0.5, 0.6) is 0 Å². The van der Waals surface area contributed by atoms with Crippen molar-refractivity contribution in [2.24, 2.45) is 0 Å². The van der Waals surface area contributed by atoms with Gasteiger partial charge in [0, 0.05) is 25.4 Å². The van der Waals surface area contributed by atoms with Crippen LogP contribution in [0.15, 0.2) is 24.5 Å². The van der Waals surface area contributed by atoms with Crippen LogP contribution >= 0.6 is 0 Å². The summed E-state index contributed by atoms with van der Waals surface area (Å²) >= 11 is 0. The van der Waals surface area contributed by atoms with Crippen LogP contribution in [0, 0.1) is 0 Å². The molecule has 0 spiro atoms. The second-order valence-electron chi connectivity index (χ2n) is 4.33. The molecule has 1 aromatic rings. The lowest BCUT2D eigenvalue weighted by molar-refractivity contribution is -0.148. The van der Waals surface area contributed by atoms with Gasteiger partial charge in [-0.15, -0.1) is 0 Å². The Balaban J connectivity index is 2.06. The molecule has 1 aliphatic heterocycles. The molecule has 96 valence electrons. The molecule has 2 atom stereocenters. The average Bonchev–Trinajstić information content (AvgIpc) is 2.73. The van der Waals surface area contributed by atoms with Gasteiger partial charge in [-0.1, -0.05) is 6.07 Å². The molecule has 6 heteroatoms. The summed E-state index contributed by atoms with van der Waals surface area (Å²) in [5.41, 5.74) is 0.730. The van der Waals surface area contributed by atoms with Crippen molar-refractivity contribution in [3.05, 3.63) is 30.1 Å². The fourth-order valence-corrected chi connectivity index (χ4v) is 2.10. The zero-order chi connectivity index (χ0) is 13.1. The smallest absolute Gasteiger partial charge is 0.326 e. The van der Waals surface area contributed by atoms with Gasteiger partial charge in [0.05, 0.1) is 12.5 Å². The monoisotopic (exact) mass is 250 g/mol. The SMILES string of the molecule is O=C(O)[C@@H]1CC(O)CN1C(=O)Cc1cccnc1. The van der Waals surface area contributed by atoms with E-state index in [1.54, 1.807) is 24.5 Å². The van der Waals surface area contributed by atoms with Crippen LogP contribution in [-0.4, -0.2) is 50.7 Å². The molecule has 2 N–H and O–H groups in total. The van der Waals surface area contributed by atoms with Crippen LogP contribution in [0.2, 0.25) is 0 Å². The number of carboxylic acids is 1. The highest BCUT2D eigenvalue weighted by Crippen LogP contribution is 2.19. The number of aliphatic carboxylic acids is 1. The molecule has 0 bridgehead atoms. The number of carboxylic acid groups (broad SMARTS) is 1. The van der Waals surface area contributed by atoms with Gasteiger partial charge in [0.2, 0.25) is 5.91 Å². The highest BCUT2D eigenvalue weighted by molar-refractivity contribution is 5.85. The van der Waals surface area contributed by atoms with Crippen molar-refractivity contribution in [2.75, 3.05) is 6.54 Å². The third kappa shape index (κ3) is 2.65. The standard InChI is InChI=1S/C12H14N2O4/c15-9-5-10(12(17)18)14(7-9)11(16)4-8-2-1-3-13-6-8/h1-3,6,9-10,15H,4-5,7H2,(H,17,18)/t9?,10-/m0/s1. The van der Waals surface area contributed by atoms with Crippen molar-refractivity contribution < 1.29 is 19.8 Å². The summed E-state index contributed by atoms with van der Waals surface area (Å²) in [6.07, 6.45) is 2.61. The molecule has 0 radical (unpaired) electrons. The van der Waals surface area contributed by atoms with Gasteiger partial charge in [-0.2, -0.15) is 0 Å². The van der Waals surface area contributed by atoms with E-state index in [2.05, 4.69) is 4.98 Å². The van der Waals surface area contributed by atoms with E-state index in [0.717, 1.165) is 5.56 Å². The van der Waals surface area contributed by atoms with Gasteiger partial charge < -0.3 is 15.1 Å². The van der Waals surface area contributed by atoms with Gasteiger partial charge in [-0.25, -0.2) is 4.79 Å². The molecule has 1 unspecified atom stereocenters. The van der Waals surface area contributed by atoms with Crippen LogP contribution in [0.25, 0.3) is 0 Å². The van der Waals surface area contributed by atoms with Crippen molar-refractivity contribution >= 4 is 11.9 Å². The Morgan fingerprint density at radius 1 is 1.50 bits per heavy atom. The summed E-state index contributed by atoms with van der Waals surface area (Å²) in [6.45, 7) is 0.0794. The van der Waals surface area contributed by atoms with E-state index in [-0.39, 0.29) is 25.3 Å². The fraction of sp³-hybridized carbons (Fsp3) is 0.417. The zero-order valence-electron chi connectivity index (χ0n) is 9.69. The number of likely N-dealkylation sites (tertiary alicyclic amines) is 1. The summed E-state index contributed by atoms with van der Waals surface area (Å²) in [5.74, 6) is -1.38. The second-order valence-corrected chi connectivity index (χ2v) is 4.33. The minimum Gasteiger partial charge on any atom is -0.480 e. The van der Waals surface area contributed by atoms with Crippen molar-refractivity contribution in [1.29, 1.82) is 0 Å². The summed E-state index contributed by atoms with van der Waals surface area (Å²) in [6, 6.07) is 2.55. The molecule has 1 saturated heterocycles. The number of aromatic nitrogens is 1. The van der Waals surface area contributed by atoms with E-state index in [9.17, 15) is 14.7 Å². The Labute approximate surface area is 104 Å². The normalized spacial score (nSPS) is 23.1. The van der Waals surface area contributed by atoms with Gasteiger partial charge in [0.15, 0.2) is 0 Å². The molecule has 1 fully saturated rings. The second kappa shape index (κ2) is 5.14. The van der Waals surface area contributed by atoms with E-state index in [1.807, 2.05) is 0 Å². The Morgan fingerprint density at radius 3 is 2.89 bits per heavy atom. The molecule has 1 aliphatic rings. The van der Waals surface area contributed by atoms with Gasteiger partial charge in [-0.05, 0) is 11.6 Å². The van der Waals surface area contributed by atoms with Gasteiger partial charge >= 0.3 is 5.97 Å². The Bertz CT molecular complexity index is 449. The number of β-amino-alcohol motifs (C(OH)–C–C–N with tert-alkyl or cyclic N) is 1. The van der Waals surface area contributed by atoms with Crippen molar-refractivity contribution in [2.45, 2.75) is 25.0 Å². The van der Waals surface area contributed by atoms with Gasteiger partial charge in [0.1, 0.15) is 6.04 Å². The molecule has 2 heterocycles. The number of aliphatic hydroxyl groups is 1. The van der Waals surface area contributed by atoms with Crippen LogP contribution in [0.1, 0.15) is 12.0 Å². The van der Waals surface area contributed by atoms with Crippen LogP contribution in [0.3, 0.4) is 0 Å². The van der Waals surface area contributed by atoms with Crippen molar-refractivity contribution in [3.8, 4) is 0 Å². The average molecular weight is 250 g/mol. The highest BCUT2D eigenvalue weighted by Gasteiger charge is 2.38. The molecule has 0 aliphatic carbocycles. The molecule has 18 heavy (non-hydrogen) atoms. The molecule has 1 amide bonds. The summed E-state index contributed by atoms with van der Waals surface area (Å²) in [7, 11) is 0. The number of hydrogen-bond donors (Lipinski definition) is 2. The number of pyridine rings is 1. The first-order valence-electron chi connectivity index (χ1n) is 5.67. The summed E-state index contributed by atoms with van der Waals surface area (Å²) in [5, 5.41) is 18.5. The number of amides is 1. The number of rotatable bonds is 3. The molecular formula is C12H14N2O4. The third-order valence-corrected chi connectivity index (χ3v) is 2.96. The predicted octanol–water partition coefficient (Wildman–Crippen LogP) is -0.330. The van der Waals surface area contributed by atoms with Gasteiger partial charge in [-0.3, -0.25) is 9.78 Å². The molecule has 0 saturated carbocycles. The van der Waals surface area contributed by atoms with Crippen LogP contribution < -0.4 is 0 Å². The minimum atomic E-state index is -1.08.